The number of aliphatic hydroxyl groups excluding tert-OH is 3. The summed E-state index contributed by atoms with van der Waals surface area (Å²) in [6.07, 6.45) is 33.5. The first-order chi connectivity index (χ1) is 40.3. The van der Waals surface area contributed by atoms with Crippen molar-refractivity contribution in [3.05, 3.63) is 12.2 Å². The molecule has 0 aromatic rings. The van der Waals surface area contributed by atoms with Gasteiger partial charge < -0.3 is 63.6 Å². The average molecular weight is 1210 g/mol. The molecular formula is C65H124NO16P. The summed E-state index contributed by atoms with van der Waals surface area (Å²) in [4.78, 5) is 46.8. The van der Waals surface area contributed by atoms with Crippen molar-refractivity contribution in [1.29, 1.82) is 0 Å². The molecule has 83 heavy (non-hydrogen) atoms. The number of ketones is 1. The van der Waals surface area contributed by atoms with E-state index in [0.29, 0.717) is 25.7 Å². The molecule has 0 radical (unpaired) electrons. The first kappa shape index (κ1) is 77.7. The van der Waals surface area contributed by atoms with Gasteiger partial charge in [-0.15, -0.1) is 0 Å². The number of aliphatic hydroxyl groups is 3. The van der Waals surface area contributed by atoms with Crippen molar-refractivity contribution >= 4 is 19.5 Å². The molecule has 2 rings (SSSR count). The van der Waals surface area contributed by atoms with E-state index >= 15 is 0 Å². The number of phosphoric ester groups is 1. The summed E-state index contributed by atoms with van der Waals surface area (Å²) < 4.78 is 61.7. The van der Waals surface area contributed by atoms with Crippen molar-refractivity contribution in [1.82, 2.24) is 5.32 Å². The van der Waals surface area contributed by atoms with Crippen LogP contribution in [0.1, 0.15) is 285 Å². The summed E-state index contributed by atoms with van der Waals surface area (Å²) in [6, 6.07) is -1.21. The van der Waals surface area contributed by atoms with Crippen molar-refractivity contribution < 1.29 is 76.9 Å². The number of allylic oxidation sites excluding steroid dienone is 2. The van der Waals surface area contributed by atoms with Crippen LogP contribution in [0.5, 0.6) is 0 Å². The van der Waals surface area contributed by atoms with Crippen LogP contribution in [0.4, 0.5) is 0 Å². The van der Waals surface area contributed by atoms with Crippen LogP contribution in [-0.2, 0) is 51.8 Å². The van der Waals surface area contributed by atoms with Crippen LogP contribution in [-0.4, -0.2) is 144 Å². The highest BCUT2D eigenvalue weighted by molar-refractivity contribution is 7.46. The number of methoxy groups -OCH3 is 1. The Bertz CT molecular complexity index is 1610. The predicted octanol–water partition coefficient (Wildman–Crippen LogP) is 13.7. The number of carbonyl (C=O) groups excluding carboxylic acids is 2. The van der Waals surface area contributed by atoms with E-state index in [4.69, 9.17) is 37.7 Å². The molecule has 1 amide bonds. The number of amides is 1. The third kappa shape index (κ3) is 37.9. The fourth-order valence-electron chi connectivity index (χ4n) is 11.3. The standard InChI is InChI=1S/C65H124NO16P/c1-6-10-14-18-21-24-25-26-27-28-29-30-32-35-39-43-48-77-63-62(78-49-46-54(75-5)45-41-36-17-13-9-4)60(82-83(72,73)74)55(51-67)81-65(63)79-52-56-59(70)61(76-47-42-38-34-23-20-16-12-8-3)58(64(71)80-56)66-57(69)50-53(68)44-40-37-33-31-22-19-15-11-7-2/h24-25,54-56,58-65,67,70-71H,6-23,26-52H2,1-5H3,(H,66,69)(H2,72,73,74)/t54-,55-,56-,58-,59-,60-,61-,62+,63-,64+,65-/m1/s1. The Morgan fingerprint density at radius 2 is 0.988 bits per heavy atom. The molecule has 0 bridgehead atoms. The fourth-order valence-corrected chi connectivity index (χ4v) is 11.9. The van der Waals surface area contributed by atoms with Gasteiger partial charge in [-0.25, -0.2) is 4.57 Å². The first-order valence-electron chi connectivity index (χ1n) is 33.8. The SMILES string of the molecule is CCCCCCC=CCCCCCCCCCCO[C@H]1[C@H](OC[C@H]2O[C@H](O)[C@H](NC(=O)CC(=O)CCCCCCCCCCC)[C@@H](OCCCCCCCCCC)[C@@H]2O)O[C@H](CO)[C@@H](OP(=O)(O)O)[C@@H]1OCC[C@@H](CCCCCCC)OC. The molecule has 0 spiro atoms. The highest BCUT2D eigenvalue weighted by atomic mass is 31.2. The van der Waals surface area contributed by atoms with Crippen LogP contribution < -0.4 is 5.32 Å². The molecule has 0 saturated carbocycles. The molecule has 17 nitrogen and oxygen atoms in total. The summed E-state index contributed by atoms with van der Waals surface area (Å²) in [5, 5.41) is 37.1. The Balaban J connectivity index is 2.25. The van der Waals surface area contributed by atoms with Gasteiger partial charge in [0.2, 0.25) is 5.91 Å². The van der Waals surface area contributed by atoms with Gasteiger partial charge in [0.15, 0.2) is 12.6 Å². The van der Waals surface area contributed by atoms with Gasteiger partial charge in [0, 0.05) is 33.4 Å². The Labute approximate surface area is 504 Å². The Morgan fingerprint density at radius 1 is 0.530 bits per heavy atom. The molecular weight excluding hydrogens is 1080 g/mol. The second-order valence-electron chi connectivity index (χ2n) is 23.8. The van der Waals surface area contributed by atoms with Gasteiger partial charge in [0.25, 0.3) is 0 Å². The second-order valence-corrected chi connectivity index (χ2v) is 25.0. The predicted molar refractivity (Wildman–Crippen MR) is 329 cm³/mol. The van der Waals surface area contributed by atoms with Gasteiger partial charge in [-0.05, 0) is 57.8 Å². The molecule has 0 aliphatic carbocycles. The Hall–Kier alpha value is -1.41. The minimum atomic E-state index is -5.17. The molecule has 490 valence electrons. The lowest BCUT2D eigenvalue weighted by atomic mass is 9.96. The van der Waals surface area contributed by atoms with Crippen molar-refractivity contribution in [3.63, 3.8) is 0 Å². The summed E-state index contributed by atoms with van der Waals surface area (Å²) >= 11 is 0. The number of carbonyl (C=O) groups is 2. The summed E-state index contributed by atoms with van der Waals surface area (Å²) in [5.41, 5.74) is 0. The number of phosphoric acid groups is 1. The van der Waals surface area contributed by atoms with Crippen LogP contribution in [0.15, 0.2) is 12.2 Å². The van der Waals surface area contributed by atoms with E-state index in [-0.39, 0.29) is 44.5 Å². The topological polar surface area (TPSA) is 238 Å². The van der Waals surface area contributed by atoms with Crippen LogP contribution in [0.25, 0.3) is 0 Å². The van der Waals surface area contributed by atoms with Gasteiger partial charge in [-0.3, -0.25) is 14.1 Å². The van der Waals surface area contributed by atoms with E-state index in [0.717, 1.165) is 103 Å². The lowest BCUT2D eigenvalue weighted by molar-refractivity contribution is -0.328. The molecule has 2 aliphatic rings. The third-order valence-electron chi connectivity index (χ3n) is 16.4. The van der Waals surface area contributed by atoms with E-state index in [1.165, 1.54) is 116 Å². The molecule has 2 heterocycles. The second kappa shape index (κ2) is 51.5. The van der Waals surface area contributed by atoms with E-state index < -0.39 is 88.3 Å². The minimum Gasteiger partial charge on any atom is -0.394 e. The normalized spacial score (nSPS) is 23.5. The zero-order valence-corrected chi connectivity index (χ0v) is 53.9. The van der Waals surface area contributed by atoms with Crippen molar-refractivity contribution in [2.24, 2.45) is 0 Å². The van der Waals surface area contributed by atoms with Gasteiger partial charge in [-0.1, -0.05) is 226 Å². The molecule has 2 fully saturated rings. The molecule has 0 aromatic heterocycles. The summed E-state index contributed by atoms with van der Waals surface area (Å²) in [7, 11) is -3.52. The van der Waals surface area contributed by atoms with E-state index in [9.17, 15) is 39.3 Å². The molecule has 18 heteroatoms. The van der Waals surface area contributed by atoms with E-state index in [2.05, 4.69) is 45.2 Å². The van der Waals surface area contributed by atoms with E-state index in [1.807, 2.05) is 0 Å². The minimum absolute atomic E-state index is 0.103. The summed E-state index contributed by atoms with van der Waals surface area (Å²) in [5.74, 6) is -0.804. The van der Waals surface area contributed by atoms with E-state index in [1.54, 1.807) is 7.11 Å². The summed E-state index contributed by atoms with van der Waals surface area (Å²) in [6.45, 7) is 8.26. The van der Waals surface area contributed by atoms with Crippen molar-refractivity contribution in [3.8, 4) is 0 Å². The number of ether oxygens (including phenoxy) is 7. The van der Waals surface area contributed by atoms with Gasteiger partial charge in [0.1, 0.15) is 54.6 Å². The quantitative estimate of drug-likeness (QED) is 0.0144. The molecule has 11 atom stereocenters. The lowest BCUT2D eigenvalue weighted by Crippen LogP contribution is -2.66. The number of hydrogen-bond donors (Lipinski definition) is 6. The van der Waals surface area contributed by atoms with Gasteiger partial charge in [0.05, 0.1) is 25.7 Å². The number of Topliss-reactive ketones (excluding diaryl/α,β-unsaturated/α-hetero) is 1. The monoisotopic (exact) mass is 1210 g/mol. The number of rotatable bonds is 57. The van der Waals surface area contributed by atoms with Gasteiger partial charge >= 0.3 is 7.82 Å². The third-order valence-corrected chi connectivity index (χ3v) is 16.9. The molecule has 0 unspecified atom stereocenters. The van der Waals surface area contributed by atoms with Crippen LogP contribution in [0, 0.1) is 0 Å². The fraction of sp³-hybridized carbons (Fsp3) is 0.938. The lowest BCUT2D eigenvalue weighted by Gasteiger charge is -2.46. The van der Waals surface area contributed by atoms with Crippen molar-refractivity contribution in [2.45, 2.75) is 352 Å². The maximum absolute atomic E-state index is 13.4. The Morgan fingerprint density at radius 3 is 1.49 bits per heavy atom. The first-order valence-corrected chi connectivity index (χ1v) is 35.3. The maximum atomic E-state index is 13.4. The largest absolute Gasteiger partial charge is 0.470 e. The molecule has 2 saturated heterocycles. The zero-order valence-electron chi connectivity index (χ0n) is 53.0. The van der Waals surface area contributed by atoms with Gasteiger partial charge in [-0.2, -0.15) is 0 Å². The highest BCUT2D eigenvalue weighted by Gasteiger charge is 2.52. The maximum Gasteiger partial charge on any atom is 0.470 e. The number of nitrogens with one attached hydrogen (secondary N) is 1. The molecule has 2 aliphatic heterocycles. The van der Waals surface area contributed by atoms with Crippen LogP contribution in [0.2, 0.25) is 0 Å². The average Bonchev–Trinajstić information content (AvgIpc) is 3.33. The van der Waals surface area contributed by atoms with Crippen LogP contribution in [0.3, 0.4) is 0 Å². The Kier molecular flexibility index (Phi) is 48.2. The van der Waals surface area contributed by atoms with Crippen molar-refractivity contribution in [2.75, 3.05) is 40.1 Å². The zero-order chi connectivity index (χ0) is 60.6. The van der Waals surface area contributed by atoms with Crippen LogP contribution >= 0.6 is 7.82 Å². The number of hydrogen-bond acceptors (Lipinski definition) is 14. The molecule has 6 N–H and O–H groups in total. The highest BCUT2D eigenvalue weighted by Crippen LogP contribution is 2.43. The molecule has 0 aromatic carbocycles. The smallest absolute Gasteiger partial charge is 0.394 e. The number of unbranched alkanes of at least 4 members (excludes halogenated alkanes) is 31.